The van der Waals surface area contributed by atoms with Gasteiger partial charge in [-0.2, -0.15) is 0 Å². The van der Waals surface area contributed by atoms with Crippen LogP contribution < -0.4 is 0 Å². The summed E-state index contributed by atoms with van der Waals surface area (Å²) in [5.41, 5.74) is 2.43. The molecule has 0 aromatic heterocycles. The van der Waals surface area contributed by atoms with Crippen molar-refractivity contribution in [2.24, 2.45) is 0 Å². The highest BCUT2D eigenvalue weighted by molar-refractivity contribution is 5.35. The van der Waals surface area contributed by atoms with Crippen LogP contribution in [0.15, 0.2) is 24.3 Å². The molecule has 1 rings (SSSR count). The van der Waals surface area contributed by atoms with Crippen LogP contribution in [0.5, 0.6) is 0 Å². The molecule has 114 valence electrons. The summed E-state index contributed by atoms with van der Waals surface area (Å²) >= 11 is 0. The van der Waals surface area contributed by atoms with Crippen LogP contribution >= 0.6 is 0 Å². The van der Waals surface area contributed by atoms with Gasteiger partial charge in [-0.15, -0.1) is 0 Å². The van der Waals surface area contributed by atoms with E-state index in [4.69, 9.17) is 0 Å². The van der Waals surface area contributed by atoms with Gasteiger partial charge in [0.1, 0.15) is 0 Å². The number of unbranched alkanes of at least 4 members (excludes halogenated alkanes) is 4. The van der Waals surface area contributed by atoms with Crippen molar-refractivity contribution in [1.82, 2.24) is 0 Å². The summed E-state index contributed by atoms with van der Waals surface area (Å²) < 4.78 is 0. The van der Waals surface area contributed by atoms with Gasteiger partial charge in [0.15, 0.2) is 0 Å². The van der Waals surface area contributed by atoms with Gasteiger partial charge in [0.25, 0.3) is 0 Å². The molecule has 0 heterocycles. The van der Waals surface area contributed by atoms with Crippen LogP contribution in [0.4, 0.5) is 0 Å². The molecule has 0 nitrogen and oxygen atoms in total. The average Bonchev–Trinajstić information content (AvgIpc) is 2.48. The van der Waals surface area contributed by atoms with Gasteiger partial charge in [0.2, 0.25) is 0 Å². The van der Waals surface area contributed by atoms with E-state index in [2.05, 4.69) is 63.8 Å². The third-order valence-electron chi connectivity index (χ3n) is 2.44. The molecular weight excluding hydrogens is 240 g/mol. The van der Waals surface area contributed by atoms with E-state index in [1.807, 2.05) is 13.8 Å². The van der Waals surface area contributed by atoms with E-state index in [9.17, 15) is 0 Å². The summed E-state index contributed by atoms with van der Waals surface area (Å²) in [6, 6.07) is 8.41. The van der Waals surface area contributed by atoms with Gasteiger partial charge in [-0.25, -0.2) is 0 Å². The molecule has 0 saturated heterocycles. The van der Waals surface area contributed by atoms with Gasteiger partial charge in [-0.3, -0.25) is 0 Å². The molecule has 0 bridgehead atoms. The summed E-state index contributed by atoms with van der Waals surface area (Å²) in [6.07, 6.45) is 7.48. The Morgan fingerprint density at radius 3 is 1.90 bits per heavy atom. The molecule has 0 heteroatoms. The van der Waals surface area contributed by atoms with Crippen LogP contribution in [-0.4, -0.2) is 0 Å². The fraction of sp³-hybridized carbons (Fsp3) is 0.600. The molecule has 1 aromatic carbocycles. The van der Waals surface area contributed by atoms with Gasteiger partial charge in [0, 0.05) is 12.0 Å². The first-order valence-electron chi connectivity index (χ1n) is 8.30. The van der Waals surface area contributed by atoms with Crippen LogP contribution in [0, 0.1) is 18.8 Å². The van der Waals surface area contributed by atoms with Crippen LogP contribution in [0.3, 0.4) is 0 Å². The SMILES string of the molecule is CC.CCC.CCCCCCC#Cc1ccc(C)cc1. The standard InChI is InChI=1S/C15H20.C3H8.C2H6/c1-3-4-5-6-7-8-9-15-12-10-14(2)11-13-15;1-3-2;1-2/h10-13H,3-7H2,1-2H3;3H2,1-2H3;1-2H3. The molecule has 1 aromatic rings. The van der Waals surface area contributed by atoms with E-state index in [1.54, 1.807) is 0 Å². The summed E-state index contributed by atoms with van der Waals surface area (Å²) in [6.45, 7) is 12.6. The van der Waals surface area contributed by atoms with Gasteiger partial charge in [-0.05, 0) is 25.5 Å². The number of benzene rings is 1. The predicted octanol–water partition coefficient (Wildman–Crippen LogP) is 6.76. The van der Waals surface area contributed by atoms with Crippen molar-refractivity contribution in [2.45, 2.75) is 80.1 Å². The Labute approximate surface area is 128 Å². The lowest BCUT2D eigenvalue weighted by Gasteiger charge is -1.93. The highest BCUT2D eigenvalue weighted by Gasteiger charge is 1.86. The maximum atomic E-state index is 3.23. The van der Waals surface area contributed by atoms with E-state index in [-0.39, 0.29) is 0 Å². The minimum atomic E-state index is 1.04. The fourth-order valence-corrected chi connectivity index (χ4v) is 1.44. The molecule has 0 aliphatic heterocycles. The number of hydrogen-bond donors (Lipinski definition) is 0. The lowest BCUT2D eigenvalue weighted by Crippen LogP contribution is -1.76. The minimum Gasteiger partial charge on any atom is -0.0979 e. The lowest BCUT2D eigenvalue weighted by atomic mass is 10.1. The fourth-order valence-electron chi connectivity index (χ4n) is 1.44. The zero-order chi connectivity index (χ0) is 15.6. The summed E-state index contributed by atoms with van der Waals surface area (Å²) in [7, 11) is 0. The average molecular weight is 274 g/mol. The maximum Gasteiger partial charge on any atom is 0.0245 e. The third-order valence-corrected chi connectivity index (χ3v) is 2.44. The molecule has 20 heavy (non-hydrogen) atoms. The zero-order valence-electron chi connectivity index (χ0n) is 14.6. The Morgan fingerprint density at radius 1 is 0.850 bits per heavy atom. The highest BCUT2D eigenvalue weighted by Crippen LogP contribution is 2.03. The molecular formula is C20H34. The first kappa shape index (κ1) is 21.1. The minimum absolute atomic E-state index is 1.04. The third kappa shape index (κ3) is 14.8. The van der Waals surface area contributed by atoms with E-state index in [0.29, 0.717) is 0 Å². The highest BCUT2D eigenvalue weighted by atomic mass is 13.9. The van der Waals surface area contributed by atoms with Crippen LogP contribution in [0.1, 0.15) is 84.3 Å². The largest absolute Gasteiger partial charge is 0.0979 e. The molecule has 0 fully saturated rings. The molecule has 0 unspecified atom stereocenters. The Bertz CT molecular complexity index is 335. The number of hydrogen-bond acceptors (Lipinski definition) is 0. The molecule has 0 radical (unpaired) electrons. The van der Waals surface area contributed by atoms with Crippen LogP contribution in [0.25, 0.3) is 0 Å². The second-order valence-electron chi connectivity index (χ2n) is 4.69. The predicted molar refractivity (Wildman–Crippen MR) is 94.1 cm³/mol. The second-order valence-corrected chi connectivity index (χ2v) is 4.69. The van der Waals surface area contributed by atoms with E-state index in [0.717, 1.165) is 12.0 Å². The normalized spacial score (nSPS) is 8.30. The van der Waals surface area contributed by atoms with Gasteiger partial charge >= 0.3 is 0 Å². The quantitative estimate of drug-likeness (QED) is 0.420. The van der Waals surface area contributed by atoms with Crippen molar-refractivity contribution in [3.8, 4) is 11.8 Å². The lowest BCUT2D eigenvalue weighted by molar-refractivity contribution is 0.679. The topological polar surface area (TPSA) is 0 Å². The van der Waals surface area contributed by atoms with Gasteiger partial charge < -0.3 is 0 Å². The second kappa shape index (κ2) is 17.8. The molecule has 0 atom stereocenters. The summed E-state index contributed by atoms with van der Waals surface area (Å²) in [5, 5.41) is 0. The molecule has 0 spiro atoms. The van der Waals surface area contributed by atoms with Crippen molar-refractivity contribution >= 4 is 0 Å². The maximum absolute atomic E-state index is 3.23. The van der Waals surface area contributed by atoms with E-state index < -0.39 is 0 Å². The van der Waals surface area contributed by atoms with Crippen molar-refractivity contribution < 1.29 is 0 Å². The Hall–Kier alpha value is -1.22. The van der Waals surface area contributed by atoms with E-state index in [1.165, 1.54) is 37.7 Å². The molecule has 0 amide bonds. The Balaban J connectivity index is 0. The summed E-state index contributed by atoms with van der Waals surface area (Å²) in [5.74, 6) is 6.43. The van der Waals surface area contributed by atoms with Gasteiger partial charge in [0.05, 0.1) is 0 Å². The molecule has 0 aliphatic rings. The van der Waals surface area contributed by atoms with Crippen LogP contribution in [0.2, 0.25) is 0 Å². The monoisotopic (exact) mass is 274 g/mol. The zero-order valence-corrected chi connectivity index (χ0v) is 14.6. The Kier molecular flexibility index (Phi) is 18.7. The Morgan fingerprint density at radius 2 is 1.40 bits per heavy atom. The molecule has 0 saturated carbocycles. The van der Waals surface area contributed by atoms with Crippen molar-refractivity contribution in [3.05, 3.63) is 35.4 Å². The first-order valence-corrected chi connectivity index (χ1v) is 8.30. The first-order chi connectivity index (χ1) is 9.74. The van der Waals surface area contributed by atoms with Crippen molar-refractivity contribution in [1.29, 1.82) is 0 Å². The van der Waals surface area contributed by atoms with Crippen molar-refractivity contribution in [2.75, 3.05) is 0 Å². The molecule has 0 aliphatic carbocycles. The summed E-state index contributed by atoms with van der Waals surface area (Å²) in [4.78, 5) is 0. The molecule has 0 N–H and O–H groups in total. The van der Waals surface area contributed by atoms with Crippen LogP contribution in [-0.2, 0) is 0 Å². The van der Waals surface area contributed by atoms with E-state index >= 15 is 0 Å². The van der Waals surface area contributed by atoms with Crippen molar-refractivity contribution in [3.63, 3.8) is 0 Å². The number of aryl methyl sites for hydroxylation is 1. The van der Waals surface area contributed by atoms with Gasteiger partial charge in [-0.1, -0.05) is 89.8 Å². The smallest absolute Gasteiger partial charge is 0.0245 e. The number of rotatable bonds is 4.